The van der Waals surface area contributed by atoms with Crippen LogP contribution in [0.5, 0.6) is 0 Å². The maximum absolute atomic E-state index is 12.6. The van der Waals surface area contributed by atoms with Gasteiger partial charge in [0.25, 0.3) is 0 Å². The molecule has 0 spiro atoms. The number of nitrogens with zero attached hydrogens (tertiary/aromatic N) is 1. The predicted octanol–water partition coefficient (Wildman–Crippen LogP) is 1.86. The Morgan fingerprint density at radius 1 is 1.05 bits per heavy atom. The Hall–Kier alpha value is -0.900. The third-order valence-corrected chi connectivity index (χ3v) is 5.23. The Morgan fingerprint density at radius 3 is 2.53 bits per heavy atom. The van der Waals surface area contributed by atoms with Crippen molar-refractivity contribution >= 4 is 11.8 Å². The molecule has 0 aromatic heterocycles. The number of fused-ring (bicyclic) bond motifs is 1. The molecule has 19 heavy (non-hydrogen) atoms. The van der Waals surface area contributed by atoms with Crippen molar-refractivity contribution in [2.45, 2.75) is 69.9 Å². The van der Waals surface area contributed by atoms with Crippen LogP contribution in [0.25, 0.3) is 0 Å². The van der Waals surface area contributed by atoms with Crippen LogP contribution in [-0.4, -0.2) is 34.0 Å². The normalized spacial score (nSPS) is 36.4. The quantitative estimate of drug-likeness (QED) is 0.736. The van der Waals surface area contributed by atoms with Crippen molar-refractivity contribution in [1.82, 2.24) is 4.90 Å². The molecule has 1 aliphatic heterocycles. The molecule has 2 aliphatic carbocycles. The topological polar surface area (TPSA) is 57.6 Å². The minimum absolute atomic E-state index is 0.00840. The zero-order valence-corrected chi connectivity index (χ0v) is 11.4. The number of piperidine rings is 1. The van der Waals surface area contributed by atoms with E-state index in [0.29, 0.717) is 6.42 Å². The van der Waals surface area contributed by atoms with Crippen molar-refractivity contribution < 1.29 is 14.7 Å². The van der Waals surface area contributed by atoms with Crippen LogP contribution in [0.2, 0.25) is 0 Å². The molecule has 1 N–H and O–H groups in total. The fourth-order valence-electron chi connectivity index (χ4n) is 4.16. The zero-order valence-electron chi connectivity index (χ0n) is 11.4. The Labute approximate surface area is 114 Å². The number of hydrogen-bond donors (Lipinski definition) is 1. The van der Waals surface area contributed by atoms with Crippen LogP contribution in [0.3, 0.4) is 0 Å². The Balaban J connectivity index is 1.76. The summed E-state index contributed by atoms with van der Waals surface area (Å²) in [5, 5.41) is 9.97. The molecule has 4 nitrogen and oxygen atoms in total. The molecule has 3 atom stereocenters. The molecule has 0 bridgehead atoms. The number of rotatable bonds is 1. The number of aliphatic hydroxyl groups excluding tert-OH is 1. The molecule has 106 valence electrons. The number of carbonyl (C=O) groups is 2. The van der Waals surface area contributed by atoms with Crippen LogP contribution in [0.4, 0.5) is 0 Å². The first-order valence-corrected chi connectivity index (χ1v) is 7.72. The lowest BCUT2D eigenvalue weighted by atomic mass is 9.85. The van der Waals surface area contributed by atoms with Crippen molar-refractivity contribution in [2.75, 3.05) is 0 Å². The molecular weight excluding hydrogens is 242 g/mol. The lowest BCUT2D eigenvalue weighted by Gasteiger charge is -2.39. The first-order chi connectivity index (χ1) is 9.18. The van der Waals surface area contributed by atoms with Gasteiger partial charge in [-0.2, -0.15) is 0 Å². The zero-order chi connectivity index (χ0) is 13.4. The van der Waals surface area contributed by atoms with Crippen molar-refractivity contribution in [2.24, 2.45) is 11.8 Å². The van der Waals surface area contributed by atoms with E-state index >= 15 is 0 Å². The standard InChI is InChI=1S/C15H23NO3/c17-13-8-7-12-11(13)6-9-14(18)16(12)15(19)10-4-2-1-3-5-10/h10-13,17H,1-9H2/t11-,12-,13-/m1/s1. The Morgan fingerprint density at radius 2 is 1.79 bits per heavy atom. The van der Waals surface area contributed by atoms with Gasteiger partial charge in [0.2, 0.25) is 11.8 Å². The largest absolute Gasteiger partial charge is 0.393 e. The van der Waals surface area contributed by atoms with Crippen LogP contribution in [-0.2, 0) is 9.59 Å². The number of likely N-dealkylation sites (tertiary alicyclic amines) is 1. The van der Waals surface area contributed by atoms with Gasteiger partial charge in [-0.3, -0.25) is 14.5 Å². The van der Waals surface area contributed by atoms with Gasteiger partial charge in [0.1, 0.15) is 0 Å². The maximum Gasteiger partial charge on any atom is 0.232 e. The average molecular weight is 265 g/mol. The van der Waals surface area contributed by atoms with Crippen molar-refractivity contribution in [3.8, 4) is 0 Å². The molecule has 3 aliphatic rings. The van der Waals surface area contributed by atoms with Gasteiger partial charge in [-0.05, 0) is 32.1 Å². The molecule has 0 aromatic carbocycles. The number of hydrogen-bond acceptors (Lipinski definition) is 3. The summed E-state index contributed by atoms with van der Waals surface area (Å²) >= 11 is 0. The number of amides is 2. The lowest BCUT2D eigenvalue weighted by molar-refractivity contribution is -0.155. The smallest absolute Gasteiger partial charge is 0.232 e. The summed E-state index contributed by atoms with van der Waals surface area (Å²) in [7, 11) is 0. The van der Waals surface area contributed by atoms with Crippen LogP contribution in [0, 0.1) is 11.8 Å². The van der Waals surface area contributed by atoms with Gasteiger partial charge in [0.15, 0.2) is 0 Å². The predicted molar refractivity (Wildman–Crippen MR) is 70.2 cm³/mol. The van der Waals surface area contributed by atoms with Gasteiger partial charge in [-0.15, -0.1) is 0 Å². The van der Waals surface area contributed by atoms with E-state index in [1.807, 2.05) is 0 Å². The second-order valence-corrected chi connectivity index (χ2v) is 6.35. The van der Waals surface area contributed by atoms with Gasteiger partial charge in [-0.25, -0.2) is 0 Å². The summed E-state index contributed by atoms with van der Waals surface area (Å²) in [6.45, 7) is 0. The monoisotopic (exact) mass is 265 g/mol. The molecule has 1 saturated heterocycles. The van der Waals surface area contributed by atoms with E-state index < -0.39 is 0 Å². The van der Waals surface area contributed by atoms with E-state index in [-0.39, 0.29) is 35.8 Å². The minimum Gasteiger partial charge on any atom is -0.393 e. The van der Waals surface area contributed by atoms with Crippen LogP contribution in [0.15, 0.2) is 0 Å². The van der Waals surface area contributed by atoms with E-state index in [4.69, 9.17) is 0 Å². The maximum atomic E-state index is 12.6. The molecule has 2 amide bonds. The summed E-state index contributed by atoms with van der Waals surface area (Å²) in [5.41, 5.74) is 0. The third-order valence-electron chi connectivity index (χ3n) is 5.23. The summed E-state index contributed by atoms with van der Waals surface area (Å²) in [4.78, 5) is 26.3. The summed E-state index contributed by atoms with van der Waals surface area (Å²) in [6.07, 6.45) is 7.67. The highest BCUT2D eigenvalue weighted by Crippen LogP contribution is 2.39. The number of aliphatic hydroxyl groups is 1. The second kappa shape index (κ2) is 5.23. The average Bonchev–Trinajstić information content (AvgIpc) is 2.80. The summed E-state index contributed by atoms with van der Waals surface area (Å²) in [5.74, 6) is 0.221. The Kier molecular flexibility index (Phi) is 3.61. The Bertz CT molecular complexity index is 376. The molecule has 2 saturated carbocycles. The SMILES string of the molecule is O=C1CC[C@H]2[C@H](O)CC[C@H]2N1C(=O)C1CCCCC1. The summed E-state index contributed by atoms with van der Waals surface area (Å²) in [6, 6.07) is -0.0225. The van der Waals surface area contributed by atoms with Crippen molar-refractivity contribution in [1.29, 1.82) is 0 Å². The van der Waals surface area contributed by atoms with Gasteiger partial charge in [0, 0.05) is 24.3 Å². The van der Waals surface area contributed by atoms with E-state index in [1.54, 1.807) is 4.90 Å². The highest BCUT2D eigenvalue weighted by molar-refractivity contribution is 5.97. The highest BCUT2D eigenvalue weighted by atomic mass is 16.3. The molecular formula is C15H23NO3. The van der Waals surface area contributed by atoms with Crippen LogP contribution in [0.1, 0.15) is 57.8 Å². The van der Waals surface area contributed by atoms with Crippen LogP contribution >= 0.6 is 0 Å². The number of imide groups is 1. The van der Waals surface area contributed by atoms with Crippen molar-refractivity contribution in [3.63, 3.8) is 0 Å². The second-order valence-electron chi connectivity index (χ2n) is 6.35. The molecule has 3 rings (SSSR count). The first-order valence-electron chi connectivity index (χ1n) is 7.72. The molecule has 0 aromatic rings. The fourth-order valence-corrected chi connectivity index (χ4v) is 4.16. The van der Waals surface area contributed by atoms with Gasteiger partial charge in [-0.1, -0.05) is 19.3 Å². The molecule has 0 radical (unpaired) electrons. The molecule has 3 fully saturated rings. The lowest BCUT2D eigenvalue weighted by Crippen LogP contribution is -2.53. The van der Waals surface area contributed by atoms with E-state index in [9.17, 15) is 14.7 Å². The molecule has 4 heteroatoms. The van der Waals surface area contributed by atoms with E-state index in [0.717, 1.165) is 44.9 Å². The van der Waals surface area contributed by atoms with E-state index in [1.165, 1.54) is 6.42 Å². The fraction of sp³-hybridized carbons (Fsp3) is 0.867. The van der Waals surface area contributed by atoms with Gasteiger partial charge >= 0.3 is 0 Å². The van der Waals surface area contributed by atoms with Gasteiger partial charge in [0.05, 0.1) is 6.10 Å². The first kappa shape index (κ1) is 13.1. The van der Waals surface area contributed by atoms with Gasteiger partial charge < -0.3 is 5.11 Å². The minimum atomic E-state index is -0.320. The van der Waals surface area contributed by atoms with Crippen molar-refractivity contribution in [3.05, 3.63) is 0 Å². The molecule has 1 heterocycles. The van der Waals surface area contributed by atoms with E-state index in [2.05, 4.69) is 0 Å². The number of carbonyl (C=O) groups excluding carboxylic acids is 2. The van der Waals surface area contributed by atoms with Crippen LogP contribution < -0.4 is 0 Å². The summed E-state index contributed by atoms with van der Waals surface area (Å²) < 4.78 is 0. The third kappa shape index (κ3) is 2.31. The molecule has 0 unspecified atom stereocenters. The highest BCUT2D eigenvalue weighted by Gasteiger charge is 2.47.